The van der Waals surface area contributed by atoms with Crippen molar-refractivity contribution in [1.82, 2.24) is 10.5 Å². The lowest BCUT2D eigenvalue weighted by Gasteiger charge is -2.10. The van der Waals surface area contributed by atoms with Crippen LogP contribution in [-0.4, -0.2) is 17.2 Å². The fourth-order valence-electron chi connectivity index (χ4n) is 2.93. The summed E-state index contributed by atoms with van der Waals surface area (Å²) in [6.45, 7) is 4.61. The molecule has 0 fully saturated rings. The first-order valence-electron chi connectivity index (χ1n) is 8.19. The lowest BCUT2D eigenvalue weighted by Crippen LogP contribution is -2.36. The van der Waals surface area contributed by atoms with Crippen LogP contribution in [0.1, 0.15) is 49.6 Å². The second kappa shape index (κ2) is 6.86. The average Bonchev–Trinajstić information content (AvgIpc) is 3.20. The van der Waals surface area contributed by atoms with Gasteiger partial charge in [-0.1, -0.05) is 37.2 Å². The smallest absolute Gasteiger partial charge is 0.261 e. The van der Waals surface area contributed by atoms with Crippen LogP contribution in [0.4, 0.5) is 0 Å². The minimum Gasteiger partial charge on any atom is -0.480 e. The highest BCUT2D eigenvalue weighted by Crippen LogP contribution is 2.28. The normalized spacial score (nSPS) is 16.2. The number of nitrogens with zero attached hydrogens (tertiary/aromatic N) is 1. The molecule has 122 valence electrons. The minimum absolute atomic E-state index is 0.123. The fraction of sp³-hybridized carbons (Fsp3) is 0.444. The molecule has 3 rings (SSSR count). The third-order valence-electron chi connectivity index (χ3n) is 4.36. The highest BCUT2D eigenvalue weighted by atomic mass is 16.5. The van der Waals surface area contributed by atoms with Gasteiger partial charge in [-0.2, -0.15) is 0 Å². The number of para-hydroxylation sites is 1. The van der Waals surface area contributed by atoms with Crippen LogP contribution in [0.5, 0.6) is 5.75 Å². The van der Waals surface area contributed by atoms with E-state index < -0.39 is 6.10 Å². The van der Waals surface area contributed by atoms with Crippen molar-refractivity contribution in [2.45, 2.75) is 51.7 Å². The van der Waals surface area contributed by atoms with Crippen LogP contribution in [0.3, 0.4) is 0 Å². The summed E-state index contributed by atoms with van der Waals surface area (Å²) < 4.78 is 11.0. The molecule has 0 bridgehead atoms. The largest absolute Gasteiger partial charge is 0.480 e. The van der Waals surface area contributed by atoms with E-state index in [1.807, 2.05) is 30.3 Å². The number of nitrogens with one attached hydrogen (secondary N) is 1. The number of aromatic nitrogens is 1. The maximum absolute atomic E-state index is 12.2. The van der Waals surface area contributed by atoms with Crippen molar-refractivity contribution in [2.24, 2.45) is 0 Å². The van der Waals surface area contributed by atoms with Crippen LogP contribution in [0.2, 0.25) is 0 Å². The number of fused-ring (bicyclic) bond motifs is 1. The topological polar surface area (TPSA) is 64.4 Å². The van der Waals surface area contributed by atoms with E-state index in [0.29, 0.717) is 24.6 Å². The van der Waals surface area contributed by atoms with Crippen molar-refractivity contribution in [3.63, 3.8) is 0 Å². The SMILES string of the molecule is CCC(CC)c1cc(CNC(=O)C2Cc3ccccc3O2)on1. The molecule has 0 saturated carbocycles. The first-order valence-corrected chi connectivity index (χ1v) is 8.19. The molecule has 5 nitrogen and oxygen atoms in total. The van der Waals surface area contributed by atoms with Crippen molar-refractivity contribution in [3.8, 4) is 5.75 Å². The molecule has 1 aliphatic heterocycles. The minimum atomic E-state index is -0.464. The summed E-state index contributed by atoms with van der Waals surface area (Å²) in [5.74, 6) is 1.76. The van der Waals surface area contributed by atoms with Crippen LogP contribution < -0.4 is 10.1 Å². The molecule has 5 heteroatoms. The number of hydrogen-bond donors (Lipinski definition) is 1. The standard InChI is InChI=1S/C18H22N2O3/c1-3-12(4-2)15-10-14(23-20-15)11-19-18(21)17-9-13-7-5-6-8-16(13)22-17/h5-8,10,12,17H,3-4,9,11H2,1-2H3,(H,19,21). The number of rotatable bonds is 6. The van der Waals surface area contributed by atoms with Gasteiger partial charge < -0.3 is 14.6 Å². The number of amides is 1. The Morgan fingerprint density at radius 2 is 2.13 bits per heavy atom. The Hall–Kier alpha value is -2.30. The predicted molar refractivity (Wildman–Crippen MR) is 86.2 cm³/mol. The van der Waals surface area contributed by atoms with Gasteiger partial charge in [0.25, 0.3) is 5.91 Å². The van der Waals surface area contributed by atoms with Gasteiger partial charge in [-0.05, 0) is 24.5 Å². The molecule has 1 aliphatic rings. The first kappa shape index (κ1) is 15.6. The van der Waals surface area contributed by atoms with Crippen LogP contribution in [0.25, 0.3) is 0 Å². The molecule has 0 aliphatic carbocycles. The Morgan fingerprint density at radius 1 is 1.35 bits per heavy atom. The maximum Gasteiger partial charge on any atom is 0.261 e. The molecule has 0 radical (unpaired) electrons. The van der Waals surface area contributed by atoms with E-state index in [2.05, 4.69) is 24.3 Å². The summed E-state index contributed by atoms with van der Waals surface area (Å²) >= 11 is 0. The molecular formula is C18H22N2O3. The molecule has 23 heavy (non-hydrogen) atoms. The summed E-state index contributed by atoms with van der Waals surface area (Å²) in [6.07, 6.45) is 2.21. The molecule has 2 heterocycles. The zero-order valence-corrected chi connectivity index (χ0v) is 13.5. The molecule has 0 saturated heterocycles. The van der Waals surface area contributed by atoms with Gasteiger partial charge in [0, 0.05) is 18.4 Å². The summed E-state index contributed by atoms with van der Waals surface area (Å²) in [7, 11) is 0. The number of benzene rings is 1. The van der Waals surface area contributed by atoms with Crippen molar-refractivity contribution < 1.29 is 14.1 Å². The van der Waals surface area contributed by atoms with Crippen molar-refractivity contribution in [2.75, 3.05) is 0 Å². The van der Waals surface area contributed by atoms with Crippen LogP contribution >= 0.6 is 0 Å². The lowest BCUT2D eigenvalue weighted by atomic mass is 9.99. The molecule has 0 spiro atoms. The molecular weight excluding hydrogens is 292 g/mol. The molecule has 1 unspecified atom stereocenters. The van der Waals surface area contributed by atoms with Gasteiger partial charge >= 0.3 is 0 Å². The van der Waals surface area contributed by atoms with E-state index in [4.69, 9.17) is 9.26 Å². The predicted octanol–water partition coefficient (Wildman–Crippen LogP) is 3.20. The molecule has 1 amide bonds. The summed E-state index contributed by atoms with van der Waals surface area (Å²) in [5.41, 5.74) is 2.03. The summed E-state index contributed by atoms with van der Waals surface area (Å²) in [4.78, 5) is 12.2. The van der Waals surface area contributed by atoms with Crippen LogP contribution in [-0.2, 0) is 17.8 Å². The second-order valence-corrected chi connectivity index (χ2v) is 5.87. The Labute approximate surface area is 136 Å². The maximum atomic E-state index is 12.2. The first-order chi connectivity index (χ1) is 11.2. The van der Waals surface area contributed by atoms with E-state index in [1.54, 1.807) is 0 Å². The van der Waals surface area contributed by atoms with E-state index in [1.165, 1.54) is 0 Å². The summed E-state index contributed by atoms with van der Waals surface area (Å²) in [5, 5.41) is 6.97. The summed E-state index contributed by atoms with van der Waals surface area (Å²) in [6, 6.07) is 9.67. The van der Waals surface area contributed by atoms with E-state index in [0.717, 1.165) is 29.8 Å². The van der Waals surface area contributed by atoms with Gasteiger partial charge in [0.1, 0.15) is 5.75 Å². The number of carbonyl (C=O) groups excluding carboxylic acids is 1. The zero-order valence-electron chi connectivity index (χ0n) is 13.5. The molecule has 1 aromatic carbocycles. The third-order valence-corrected chi connectivity index (χ3v) is 4.36. The van der Waals surface area contributed by atoms with Gasteiger partial charge in [-0.3, -0.25) is 4.79 Å². The van der Waals surface area contributed by atoms with Crippen molar-refractivity contribution >= 4 is 5.91 Å². The number of ether oxygens (including phenoxy) is 1. The van der Waals surface area contributed by atoms with Gasteiger partial charge in [0.15, 0.2) is 11.9 Å². The quantitative estimate of drug-likeness (QED) is 0.889. The third kappa shape index (κ3) is 3.38. The number of hydrogen-bond acceptors (Lipinski definition) is 4. The van der Waals surface area contributed by atoms with Gasteiger partial charge in [0.05, 0.1) is 12.2 Å². The van der Waals surface area contributed by atoms with Gasteiger partial charge in [-0.15, -0.1) is 0 Å². The number of carbonyl (C=O) groups is 1. The Bertz CT molecular complexity index is 651. The van der Waals surface area contributed by atoms with Crippen molar-refractivity contribution in [3.05, 3.63) is 47.3 Å². The lowest BCUT2D eigenvalue weighted by molar-refractivity contribution is -0.127. The van der Waals surface area contributed by atoms with E-state index in [-0.39, 0.29) is 5.91 Å². The highest BCUT2D eigenvalue weighted by molar-refractivity contribution is 5.82. The Balaban J connectivity index is 1.54. The molecule has 1 aromatic heterocycles. The second-order valence-electron chi connectivity index (χ2n) is 5.87. The molecule has 1 atom stereocenters. The molecule has 2 aromatic rings. The average molecular weight is 314 g/mol. The van der Waals surface area contributed by atoms with Crippen LogP contribution in [0, 0.1) is 0 Å². The zero-order chi connectivity index (χ0) is 16.2. The monoisotopic (exact) mass is 314 g/mol. The highest BCUT2D eigenvalue weighted by Gasteiger charge is 2.28. The Kier molecular flexibility index (Phi) is 4.65. The molecule has 1 N–H and O–H groups in total. The Morgan fingerprint density at radius 3 is 2.87 bits per heavy atom. The van der Waals surface area contributed by atoms with Crippen molar-refractivity contribution in [1.29, 1.82) is 0 Å². The van der Waals surface area contributed by atoms with E-state index >= 15 is 0 Å². The van der Waals surface area contributed by atoms with Gasteiger partial charge in [-0.25, -0.2) is 0 Å². The van der Waals surface area contributed by atoms with Crippen LogP contribution in [0.15, 0.2) is 34.9 Å². The van der Waals surface area contributed by atoms with E-state index in [9.17, 15) is 4.79 Å². The van der Waals surface area contributed by atoms with Gasteiger partial charge in [0.2, 0.25) is 0 Å². The fourth-order valence-corrected chi connectivity index (χ4v) is 2.93.